The van der Waals surface area contributed by atoms with Crippen LogP contribution in [0.4, 0.5) is 10.2 Å². The minimum absolute atomic E-state index is 0.206. The summed E-state index contributed by atoms with van der Waals surface area (Å²) in [6.45, 7) is 3.32. The van der Waals surface area contributed by atoms with Crippen LogP contribution in [0.2, 0.25) is 5.15 Å². The van der Waals surface area contributed by atoms with Crippen LogP contribution in [0.25, 0.3) is 11.4 Å². The van der Waals surface area contributed by atoms with E-state index in [1.807, 2.05) is 0 Å². The highest BCUT2D eigenvalue weighted by Crippen LogP contribution is 2.23. The van der Waals surface area contributed by atoms with Gasteiger partial charge in [-0.25, -0.2) is 19.2 Å². The van der Waals surface area contributed by atoms with Crippen LogP contribution >= 0.6 is 11.6 Å². The molecule has 0 spiro atoms. The third kappa shape index (κ3) is 3.71. The molecule has 0 saturated carbocycles. The maximum absolute atomic E-state index is 13.0. The molecule has 22 heavy (non-hydrogen) atoms. The van der Waals surface area contributed by atoms with E-state index < -0.39 is 11.5 Å². The van der Waals surface area contributed by atoms with Crippen molar-refractivity contribution in [3.63, 3.8) is 0 Å². The molecule has 0 atom stereocenters. The molecular formula is C15H15ClFN3O2. The number of halogens is 2. The Morgan fingerprint density at radius 3 is 2.50 bits per heavy atom. The summed E-state index contributed by atoms with van der Waals surface area (Å²) in [5, 5.41) is 3.15. The second-order valence-corrected chi connectivity index (χ2v) is 5.54. The van der Waals surface area contributed by atoms with Gasteiger partial charge in [0.15, 0.2) is 5.82 Å². The molecule has 5 nitrogen and oxygen atoms in total. The molecule has 0 amide bonds. The molecule has 1 aromatic heterocycles. The van der Waals surface area contributed by atoms with Crippen molar-refractivity contribution in [3.8, 4) is 11.4 Å². The average molecular weight is 324 g/mol. The number of aromatic nitrogens is 2. The summed E-state index contributed by atoms with van der Waals surface area (Å²) in [5.74, 6) is -0.0908. The van der Waals surface area contributed by atoms with Crippen LogP contribution in [0.5, 0.6) is 0 Å². The highest BCUT2D eigenvalue weighted by molar-refractivity contribution is 6.29. The van der Waals surface area contributed by atoms with E-state index in [0.717, 1.165) is 0 Å². The van der Waals surface area contributed by atoms with Crippen molar-refractivity contribution in [3.05, 3.63) is 41.3 Å². The standard InChI is InChI=1S/C15H15ClFN3O2/c1-15(2,14(21)22-3)20-12-8-11(16)18-13(19-12)9-4-6-10(17)7-5-9/h4-8H,1-3H3,(H,18,19,20). The third-order valence-electron chi connectivity index (χ3n) is 2.93. The van der Waals surface area contributed by atoms with E-state index in [1.165, 1.54) is 25.3 Å². The zero-order chi connectivity index (χ0) is 16.3. The number of carbonyl (C=O) groups is 1. The first-order chi connectivity index (χ1) is 10.3. The molecule has 0 fully saturated rings. The lowest BCUT2D eigenvalue weighted by molar-refractivity contribution is -0.144. The van der Waals surface area contributed by atoms with E-state index in [1.54, 1.807) is 26.0 Å². The molecule has 1 aromatic carbocycles. The molecule has 0 aliphatic heterocycles. The SMILES string of the molecule is COC(=O)C(C)(C)Nc1cc(Cl)nc(-c2ccc(F)cc2)n1. The van der Waals surface area contributed by atoms with Crippen molar-refractivity contribution in [1.82, 2.24) is 9.97 Å². The molecular weight excluding hydrogens is 309 g/mol. The van der Waals surface area contributed by atoms with Gasteiger partial charge in [0.05, 0.1) is 7.11 Å². The van der Waals surface area contributed by atoms with Gasteiger partial charge in [-0.1, -0.05) is 11.6 Å². The number of anilines is 1. The predicted octanol–water partition coefficient (Wildman–Crippen LogP) is 3.30. The summed E-state index contributed by atoms with van der Waals surface area (Å²) in [5.41, 5.74) is -0.366. The number of nitrogens with zero attached hydrogens (tertiary/aromatic N) is 2. The van der Waals surface area contributed by atoms with Crippen molar-refractivity contribution in [2.75, 3.05) is 12.4 Å². The summed E-state index contributed by atoms with van der Waals surface area (Å²) in [7, 11) is 1.31. The number of nitrogens with one attached hydrogen (secondary N) is 1. The van der Waals surface area contributed by atoms with Crippen LogP contribution < -0.4 is 5.32 Å². The molecule has 0 radical (unpaired) electrons. The fourth-order valence-electron chi connectivity index (χ4n) is 1.84. The van der Waals surface area contributed by atoms with Crippen LogP contribution in [0, 0.1) is 5.82 Å². The van der Waals surface area contributed by atoms with Crippen LogP contribution in [0.15, 0.2) is 30.3 Å². The zero-order valence-electron chi connectivity index (χ0n) is 12.4. The monoisotopic (exact) mass is 323 g/mol. The molecule has 7 heteroatoms. The average Bonchev–Trinajstić information content (AvgIpc) is 2.45. The molecule has 0 bridgehead atoms. The number of benzene rings is 1. The Kier molecular flexibility index (Phi) is 4.61. The number of ether oxygens (including phenoxy) is 1. The first-order valence-electron chi connectivity index (χ1n) is 6.49. The van der Waals surface area contributed by atoms with Crippen LogP contribution in [-0.2, 0) is 9.53 Å². The van der Waals surface area contributed by atoms with Gasteiger partial charge in [-0.05, 0) is 38.1 Å². The Labute approximate surface area is 132 Å². The fraction of sp³-hybridized carbons (Fsp3) is 0.267. The minimum Gasteiger partial charge on any atom is -0.467 e. The highest BCUT2D eigenvalue weighted by Gasteiger charge is 2.29. The summed E-state index contributed by atoms with van der Waals surface area (Å²) in [4.78, 5) is 20.1. The van der Waals surface area contributed by atoms with Gasteiger partial charge in [0.2, 0.25) is 0 Å². The number of hydrogen-bond acceptors (Lipinski definition) is 5. The molecule has 2 rings (SSSR count). The van der Waals surface area contributed by atoms with Crippen molar-refractivity contribution >= 4 is 23.4 Å². The Morgan fingerprint density at radius 2 is 1.91 bits per heavy atom. The van der Waals surface area contributed by atoms with Gasteiger partial charge in [0.25, 0.3) is 0 Å². The largest absolute Gasteiger partial charge is 0.467 e. The van der Waals surface area contributed by atoms with Crippen molar-refractivity contribution in [2.45, 2.75) is 19.4 Å². The first kappa shape index (κ1) is 16.2. The maximum atomic E-state index is 13.0. The summed E-state index contributed by atoms with van der Waals surface area (Å²) >= 11 is 5.99. The Bertz CT molecular complexity index is 690. The molecule has 0 aliphatic carbocycles. The summed E-state index contributed by atoms with van der Waals surface area (Å²) < 4.78 is 17.7. The zero-order valence-corrected chi connectivity index (χ0v) is 13.1. The van der Waals surface area contributed by atoms with E-state index in [2.05, 4.69) is 15.3 Å². The topological polar surface area (TPSA) is 64.1 Å². The number of carbonyl (C=O) groups excluding carboxylic acids is 1. The Hall–Kier alpha value is -2.21. The minimum atomic E-state index is -0.980. The van der Waals surface area contributed by atoms with E-state index in [9.17, 15) is 9.18 Å². The quantitative estimate of drug-likeness (QED) is 0.691. The number of methoxy groups -OCH3 is 1. The van der Waals surface area contributed by atoms with Gasteiger partial charge in [0.1, 0.15) is 22.3 Å². The second-order valence-electron chi connectivity index (χ2n) is 5.15. The smallest absolute Gasteiger partial charge is 0.330 e. The molecule has 0 saturated heterocycles. The second kappa shape index (κ2) is 6.27. The Morgan fingerprint density at radius 1 is 1.27 bits per heavy atom. The molecule has 116 valence electrons. The van der Waals surface area contributed by atoms with E-state index in [0.29, 0.717) is 17.2 Å². The van der Waals surface area contributed by atoms with Crippen molar-refractivity contribution in [1.29, 1.82) is 0 Å². The molecule has 1 heterocycles. The number of rotatable bonds is 4. The lowest BCUT2D eigenvalue weighted by atomic mass is 10.1. The van der Waals surface area contributed by atoms with Crippen LogP contribution in [0.3, 0.4) is 0 Å². The van der Waals surface area contributed by atoms with Gasteiger partial charge < -0.3 is 10.1 Å². The van der Waals surface area contributed by atoms with Crippen molar-refractivity contribution < 1.29 is 13.9 Å². The lowest BCUT2D eigenvalue weighted by Gasteiger charge is -2.23. The maximum Gasteiger partial charge on any atom is 0.330 e. The van der Waals surface area contributed by atoms with Crippen LogP contribution in [0.1, 0.15) is 13.8 Å². The summed E-state index contributed by atoms with van der Waals surface area (Å²) in [6.07, 6.45) is 0. The number of hydrogen-bond donors (Lipinski definition) is 1. The van der Waals surface area contributed by atoms with Crippen molar-refractivity contribution in [2.24, 2.45) is 0 Å². The highest BCUT2D eigenvalue weighted by atomic mass is 35.5. The van der Waals surface area contributed by atoms with Gasteiger partial charge in [-0.15, -0.1) is 0 Å². The van der Waals surface area contributed by atoms with Crippen LogP contribution in [-0.4, -0.2) is 28.6 Å². The van der Waals surface area contributed by atoms with Gasteiger partial charge in [-0.3, -0.25) is 0 Å². The first-order valence-corrected chi connectivity index (χ1v) is 6.87. The Balaban J connectivity index is 2.35. The van der Waals surface area contributed by atoms with Gasteiger partial charge >= 0.3 is 5.97 Å². The molecule has 1 N–H and O–H groups in total. The van der Waals surface area contributed by atoms with E-state index in [4.69, 9.17) is 16.3 Å². The normalized spacial score (nSPS) is 11.1. The van der Waals surface area contributed by atoms with Gasteiger partial charge in [0, 0.05) is 11.6 Å². The molecule has 0 unspecified atom stereocenters. The number of esters is 1. The molecule has 0 aliphatic rings. The predicted molar refractivity (Wildman–Crippen MR) is 82.2 cm³/mol. The van der Waals surface area contributed by atoms with Gasteiger partial charge in [-0.2, -0.15) is 0 Å². The van der Waals surface area contributed by atoms with E-state index >= 15 is 0 Å². The summed E-state index contributed by atoms with van der Waals surface area (Å²) in [6, 6.07) is 7.22. The fourth-order valence-corrected chi connectivity index (χ4v) is 2.02. The van der Waals surface area contributed by atoms with E-state index in [-0.39, 0.29) is 11.0 Å². The molecule has 2 aromatic rings. The lowest BCUT2D eigenvalue weighted by Crippen LogP contribution is -2.41. The third-order valence-corrected chi connectivity index (χ3v) is 3.13.